The van der Waals surface area contributed by atoms with Crippen LogP contribution in [0.25, 0.3) is 0 Å². The third kappa shape index (κ3) is 1.08. The average Bonchev–Trinajstić information content (AvgIpc) is 2.17. The van der Waals surface area contributed by atoms with Gasteiger partial charge in [0.2, 0.25) is 0 Å². The molecule has 0 aliphatic carbocycles. The molecule has 1 aromatic rings. The van der Waals surface area contributed by atoms with E-state index in [4.69, 9.17) is 4.74 Å². The molecule has 1 aliphatic rings. The molecule has 1 atom stereocenters. The summed E-state index contributed by atoms with van der Waals surface area (Å²) in [5.74, 6) is 0. The van der Waals surface area contributed by atoms with Crippen molar-refractivity contribution < 1.29 is 4.74 Å². The largest absolute Gasteiger partial charge is 0.355 e. The first-order chi connectivity index (χ1) is 5.92. The highest BCUT2D eigenvalue weighted by Gasteiger charge is 2.14. The Morgan fingerprint density at radius 1 is 1.42 bits per heavy atom. The molecule has 0 radical (unpaired) electrons. The molecule has 0 unspecified atom stereocenters. The summed E-state index contributed by atoms with van der Waals surface area (Å²) in [4.78, 5) is 4.13. The number of hydrogen-bond acceptors (Lipinski definition) is 3. The van der Waals surface area contributed by atoms with Crippen LogP contribution < -0.4 is 5.32 Å². The maximum absolute atomic E-state index is 5.18. The van der Waals surface area contributed by atoms with E-state index in [9.17, 15) is 0 Å². The molecule has 12 heavy (non-hydrogen) atoms. The monoisotopic (exact) mass is 162 g/mol. The Kier molecular flexibility index (Phi) is 1.80. The van der Waals surface area contributed by atoms with Gasteiger partial charge in [-0.15, -0.1) is 0 Å². The summed E-state index contributed by atoms with van der Waals surface area (Å²) >= 11 is 0. The minimum absolute atomic E-state index is 0.151. The molecule has 0 bridgehead atoms. The molecule has 0 amide bonds. The maximum Gasteiger partial charge on any atom is 0.177 e. The number of nitrogens with zero attached hydrogens (tertiary/aromatic N) is 1. The second-order valence-electron chi connectivity index (χ2n) is 2.60. The van der Waals surface area contributed by atoms with Crippen molar-refractivity contribution in [3.63, 3.8) is 0 Å². The molecule has 0 saturated heterocycles. The van der Waals surface area contributed by atoms with Crippen LogP contribution in [0.1, 0.15) is 11.8 Å². The number of nitrogens with one attached hydrogen (secondary N) is 1. The van der Waals surface area contributed by atoms with Crippen LogP contribution in [0.15, 0.2) is 29.3 Å². The third-order valence-corrected chi connectivity index (χ3v) is 1.88. The normalized spacial score (nSPS) is 19.9. The van der Waals surface area contributed by atoms with Gasteiger partial charge in [0.15, 0.2) is 6.23 Å². The molecular formula is C9H10N2O. The van der Waals surface area contributed by atoms with Crippen LogP contribution in [0.2, 0.25) is 0 Å². The lowest BCUT2D eigenvalue weighted by Crippen LogP contribution is -2.11. The Morgan fingerprint density at radius 2 is 2.25 bits per heavy atom. The van der Waals surface area contributed by atoms with Crippen molar-refractivity contribution in [1.29, 1.82) is 0 Å². The fourth-order valence-corrected chi connectivity index (χ4v) is 1.29. The van der Waals surface area contributed by atoms with Gasteiger partial charge < -0.3 is 10.1 Å². The van der Waals surface area contributed by atoms with E-state index in [1.807, 2.05) is 24.3 Å². The van der Waals surface area contributed by atoms with Crippen LogP contribution in [-0.2, 0) is 4.74 Å². The van der Waals surface area contributed by atoms with Gasteiger partial charge in [-0.25, -0.2) is 4.99 Å². The van der Waals surface area contributed by atoms with Crippen molar-refractivity contribution in [1.82, 2.24) is 0 Å². The second kappa shape index (κ2) is 2.95. The number of fused-ring (bicyclic) bond motifs is 1. The van der Waals surface area contributed by atoms with Crippen molar-refractivity contribution >= 4 is 12.0 Å². The van der Waals surface area contributed by atoms with Gasteiger partial charge in [0.25, 0.3) is 0 Å². The average molecular weight is 162 g/mol. The van der Waals surface area contributed by atoms with Crippen molar-refractivity contribution in [3.05, 3.63) is 29.8 Å². The van der Waals surface area contributed by atoms with Crippen LogP contribution in [-0.4, -0.2) is 13.4 Å². The molecule has 0 spiro atoms. The maximum atomic E-state index is 5.18. The number of aliphatic imine (C=N–C) groups is 1. The van der Waals surface area contributed by atoms with Gasteiger partial charge >= 0.3 is 0 Å². The molecule has 1 heterocycles. The van der Waals surface area contributed by atoms with Crippen LogP contribution >= 0.6 is 0 Å². The number of rotatable bonds is 1. The van der Waals surface area contributed by atoms with E-state index in [1.165, 1.54) is 0 Å². The van der Waals surface area contributed by atoms with E-state index >= 15 is 0 Å². The molecule has 0 fully saturated rings. The van der Waals surface area contributed by atoms with Crippen molar-refractivity contribution in [2.75, 3.05) is 12.4 Å². The fraction of sp³-hybridized carbons (Fsp3) is 0.222. The number of ether oxygens (including phenoxy) is 1. The smallest absolute Gasteiger partial charge is 0.177 e. The first-order valence-corrected chi connectivity index (χ1v) is 3.82. The highest BCUT2D eigenvalue weighted by molar-refractivity contribution is 5.80. The Labute approximate surface area is 71.1 Å². The summed E-state index contributed by atoms with van der Waals surface area (Å²) < 4.78 is 5.18. The molecule has 3 heteroatoms. The summed E-state index contributed by atoms with van der Waals surface area (Å²) in [5, 5.41) is 3.06. The lowest BCUT2D eigenvalue weighted by atomic mass is 10.1. The topological polar surface area (TPSA) is 33.6 Å². The lowest BCUT2D eigenvalue weighted by Gasteiger charge is -2.19. The van der Waals surface area contributed by atoms with Gasteiger partial charge in [0, 0.05) is 18.4 Å². The Hall–Kier alpha value is -1.35. The fourth-order valence-electron chi connectivity index (χ4n) is 1.29. The van der Waals surface area contributed by atoms with E-state index in [-0.39, 0.29) is 6.23 Å². The van der Waals surface area contributed by atoms with E-state index in [0.717, 1.165) is 11.3 Å². The van der Waals surface area contributed by atoms with Gasteiger partial charge in [-0.05, 0) is 6.07 Å². The van der Waals surface area contributed by atoms with E-state index in [0.29, 0.717) is 0 Å². The summed E-state index contributed by atoms with van der Waals surface area (Å²) in [6, 6.07) is 7.98. The summed E-state index contributed by atoms with van der Waals surface area (Å²) in [7, 11) is 1.66. The molecule has 3 nitrogen and oxygen atoms in total. The zero-order valence-electron chi connectivity index (χ0n) is 6.82. The van der Waals surface area contributed by atoms with Gasteiger partial charge in [-0.1, -0.05) is 18.2 Å². The number of benzene rings is 1. The van der Waals surface area contributed by atoms with Crippen LogP contribution in [0, 0.1) is 0 Å². The van der Waals surface area contributed by atoms with Gasteiger partial charge in [0.05, 0.1) is 6.34 Å². The minimum Gasteiger partial charge on any atom is -0.355 e. The first-order valence-electron chi connectivity index (χ1n) is 3.82. The van der Waals surface area contributed by atoms with Crippen molar-refractivity contribution in [3.8, 4) is 0 Å². The van der Waals surface area contributed by atoms with Crippen LogP contribution in [0.3, 0.4) is 0 Å². The quantitative estimate of drug-likeness (QED) is 0.683. The highest BCUT2D eigenvalue weighted by Crippen LogP contribution is 2.27. The Balaban J connectivity index is 2.43. The Morgan fingerprint density at radius 3 is 3.08 bits per heavy atom. The minimum atomic E-state index is -0.151. The number of para-hydroxylation sites is 1. The standard InChI is InChI=1S/C9H10N2O/c1-12-9-7-4-2-3-5-8(7)10-6-11-9/h2-6,9H,1H3,(H,10,11)/t9-/m0/s1. The Bertz CT molecular complexity index is 309. The van der Waals surface area contributed by atoms with E-state index in [1.54, 1.807) is 13.4 Å². The van der Waals surface area contributed by atoms with Crippen LogP contribution in [0.5, 0.6) is 0 Å². The van der Waals surface area contributed by atoms with Gasteiger partial charge in [-0.2, -0.15) is 0 Å². The van der Waals surface area contributed by atoms with E-state index < -0.39 is 0 Å². The SMILES string of the molecule is CO[C@@H]1N=CNc2ccccc21. The highest BCUT2D eigenvalue weighted by atomic mass is 16.5. The first kappa shape index (κ1) is 7.31. The molecule has 1 N–H and O–H groups in total. The molecular weight excluding hydrogens is 152 g/mol. The predicted octanol–water partition coefficient (Wildman–Crippen LogP) is 1.79. The van der Waals surface area contributed by atoms with Crippen molar-refractivity contribution in [2.24, 2.45) is 4.99 Å². The molecule has 62 valence electrons. The summed E-state index contributed by atoms with van der Waals surface area (Å²) in [6.45, 7) is 0. The molecule has 2 rings (SSSR count). The lowest BCUT2D eigenvalue weighted by molar-refractivity contribution is 0.111. The van der Waals surface area contributed by atoms with Gasteiger partial charge in [0.1, 0.15) is 0 Å². The van der Waals surface area contributed by atoms with E-state index in [2.05, 4.69) is 10.3 Å². The number of methoxy groups -OCH3 is 1. The second-order valence-corrected chi connectivity index (χ2v) is 2.60. The number of anilines is 1. The van der Waals surface area contributed by atoms with Crippen LogP contribution in [0.4, 0.5) is 5.69 Å². The molecule has 0 saturated carbocycles. The molecule has 1 aliphatic heterocycles. The molecule has 1 aromatic carbocycles. The van der Waals surface area contributed by atoms with Gasteiger partial charge in [-0.3, -0.25) is 0 Å². The third-order valence-electron chi connectivity index (χ3n) is 1.88. The summed E-state index contributed by atoms with van der Waals surface area (Å²) in [5.41, 5.74) is 2.15. The zero-order valence-corrected chi connectivity index (χ0v) is 6.82. The molecule has 0 aromatic heterocycles. The van der Waals surface area contributed by atoms with Crippen molar-refractivity contribution in [2.45, 2.75) is 6.23 Å². The summed E-state index contributed by atoms with van der Waals surface area (Å²) in [6.07, 6.45) is 1.51. The zero-order chi connectivity index (χ0) is 8.39. The predicted molar refractivity (Wildman–Crippen MR) is 48.3 cm³/mol. The number of hydrogen-bond donors (Lipinski definition) is 1.